The van der Waals surface area contributed by atoms with E-state index in [4.69, 9.17) is 34.8 Å². The molecule has 1 amide bonds. The number of hydrogen-bond acceptors (Lipinski definition) is 4. The third-order valence-electron chi connectivity index (χ3n) is 3.19. The van der Waals surface area contributed by atoms with E-state index >= 15 is 0 Å². The van der Waals surface area contributed by atoms with Gasteiger partial charge in [0.1, 0.15) is 0 Å². The summed E-state index contributed by atoms with van der Waals surface area (Å²) in [5.74, 6) is 0.123. The summed E-state index contributed by atoms with van der Waals surface area (Å²) in [6.45, 7) is 0.132. The standard InChI is InChI=1S/C15H10Cl3N5O/c16-9-1-4-11(5-2-9)23-14(20-21-22-23)8-19-15(24)12-6-3-10(17)7-13(12)18/h1-7H,8H2,(H,19,24). The van der Waals surface area contributed by atoms with E-state index in [0.29, 0.717) is 21.4 Å². The van der Waals surface area contributed by atoms with Crippen LogP contribution in [0.3, 0.4) is 0 Å². The molecule has 0 spiro atoms. The molecule has 122 valence electrons. The number of nitrogens with zero attached hydrogens (tertiary/aromatic N) is 4. The van der Waals surface area contributed by atoms with Gasteiger partial charge >= 0.3 is 0 Å². The van der Waals surface area contributed by atoms with Crippen LogP contribution in [-0.2, 0) is 6.54 Å². The largest absolute Gasteiger partial charge is 0.345 e. The van der Waals surface area contributed by atoms with E-state index in [-0.39, 0.29) is 17.5 Å². The fraction of sp³-hybridized carbons (Fsp3) is 0.0667. The van der Waals surface area contributed by atoms with Gasteiger partial charge < -0.3 is 5.32 Å². The maximum Gasteiger partial charge on any atom is 0.253 e. The molecule has 0 saturated heterocycles. The van der Waals surface area contributed by atoms with Crippen molar-refractivity contribution in [1.29, 1.82) is 0 Å². The fourth-order valence-electron chi connectivity index (χ4n) is 2.03. The smallest absolute Gasteiger partial charge is 0.253 e. The Labute approximate surface area is 152 Å². The summed E-state index contributed by atoms with van der Waals surface area (Å²) in [5, 5.41) is 15.5. The third-order valence-corrected chi connectivity index (χ3v) is 3.99. The van der Waals surface area contributed by atoms with Crippen molar-refractivity contribution in [2.45, 2.75) is 6.54 Å². The molecule has 3 aromatic rings. The highest BCUT2D eigenvalue weighted by Gasteiger charge is 2.13. The summed E-state index contributed by atoms with van der Waals surface area (Å²) in [6.07, 6.45) is 0. The SMILES string of the molecule is O=C(NCc1nnnn1-c1ccc(Cl)cc1)c1ccc(Cl)cc1Cl. The van der Waals surface area contributed by atoms with Crippen molar-refractivity contribution in [3.63, 3.8) is 0 Å². The van der Waals surface area contributed by atoms with Crippen molar-refractivity contribution in [2.75, 3.05) is 0 Å². The van der Waals surface area contributed by atoms with Gasteiger partial charge in [0.15, 0.2) is 5.82 Å². The van der Waals surface area contributed by atoms with Crippen LogP contribution in [0, 0.1) is 0 Å². The second-order valence-electron chi connectivity index (χ2n) is 4.79. The van der Waals surface area contributed by atoms with E-state index in [1.165, 1.54) is 10.7 Å². The van der Waals surface area contributed by atoms with Crippen LogP contribution in [0.5, 0.6) is 0 Å². The number of carbonyl (C=O) groups excluding carboxylic acids is 1. The average Bonchev–Trinajstić information content (AvgIpc) is 3.02. The lowest BCUT2D eigenvalue weighted by Crippen LogP contribution is -2.25. The van der Waals surface area contributed by atoms with Crippen molar-refractivity contribution in [3.8, 4) is 5.69 Å². The van der Waals surface area contributed by atoms with E-state index in [1.807, 2.05) is 0 Å². The van der Waals surface area contributed by atoms with Crippen LogP contribution in [0.1, 0.15) is 16.2 Å². The summed E-state index contributed by atoms with van der Waals surface area (Å²) in [4.78, 5) is 12.2. The molecule has 0 atom stereocenters. The second kappa shape index (κ2) is 7.17. The average molecular weight is 383 g/mol. The molecule has 6 nitrogen and oxygen atoms in total. The lowest BCUT2D eigenvalue weighted by molar-refractivity contribution is 0.0950. The maximum absolute atomic E-state index is 12.2. The van der Waals surface area contributed by atoms with Crippen LogP contribution in [0.15, 0.2) is 42.5 Å². The third kappa shape index (κ3) is 3.67. The minimum absolute atomic E-state index is 0.132. The molecule has 3 rings (SSSR count). The van der Waals surface area contributed by atoms with Crippen LogP contribution < -0.4 is 5.32 Å². The summed E-state index contributed by atoms with van der Waals surface area (Å²) >= 11 is 17.7. The highest BCUT2D eigenvalue weighted by Crippen LogP contribution is 2.21. The zero-order chi connectivity index (χ0) is 17.1. The van der Waals surface area contributed by atoms with Crippen molar-refractivity contribution < 1.29 is 4.79 Å². The summed E-state index contributed by atoms with van der Waals surface area (Å²) in [7, 11) is 0. The highest BCUT2D eigenvalue weighted by atomic mass is 35.5. The fourth-order valence-corrected chi connectivity index (χ4v) is 2.65. The molecule has 0 aliphatic heterocycles. The van der Waals surface area contributed by atoms with Gasteiger partial charge in [0, 0.05) is 10.0 Å². The monoisotopic (exact) mass is 381 g/mol. The maximum atomic E-state index is 12.2. The summed E-state index contributed by atoms with van der Waals surface area (Å²) in [6, 6.07) is 11.7. The van der Waals surface area contributed by atoms with Gasteiger partial charge in [-0.2, -0.15) is 4.68 Å². The van der Waals surface area contributed by atoms with Gasteiger partial charge in [0.2, 0.25) is 0 Å². The van der Waals surface area contributed by atoms with Gasteiger partial charge in [0.25, 0.3) is 5.91 Å². The molecule has 0 unspecified atom stereocenters. The first kappa shape index (κ1) is 16.7. The Morgan fingerprint density at radius 3 is 2.46 bits per heavy atom. The lowest BCUT2D eigenvalue weighted by Gasteiger charge is -2.08. The number of amides is 1. The van der Waals surface area contributed by atoms with Gasteiger partial charge in [0.05, 0.1) is 22.8 Å². The van der Waals surface area contributed by atoms with Crippen LogP contribution in [-0.4, -0.2) is 26.1 Å². The molecule has 0 aliphatic rings. The second-order valence-corrected chi connectivity index (χ2v) is 6.07. The number of halogens is 3. The van der Waals surface area contributed by atoms with Gasteiger partial charge in [-0.15, -0.1) is 5.10 Å². The molecule has 24 heavy (non-hydrogen) atoms. The Bertz CT molecular complexity index is 879. The molecule has 0 radical (unpaired) electrons. The highest BCUT2D eigenvalue weighted by molar-refractivity contribution is 6.36. The van der Waals surface area contributed by atoms with E-state index in [1.54, 1.807) is 36.4 Å². The van der Waals surface area contributed by atoms with Crippen molar-refractivity contribution in [3.05, 3.63) is 68.9 Å². The minimum atomic E-state index is -0.345. The minimum Gasteiger partial charge on any atom is -0.345 e. The number of nitrogens with one attached hydrogen (secondary N) is 1. The van der Waals surface area contributed by atoms with Crippen molar-refractivity contribution >= 4 is 40.7 Å². The van der Waals surface area contributed by atoms with Crippen LogP contribution in [0.25, 0.3) is 5.69 Å². The number of benzene rings is 2. The van der Waals surface area contributed by atoms with Gasteiger partial charge in [-0.25, -0.2) is 0 Å². The Morgan fingerprint density at radius 2 is 1.75 bits per heavy atom. The van der Waals surface area contributed by atoms with Crippen LogP contribution >= 0.6 is 34.8 Å². The Balaban J connectivity index is 1.75. The molecule has 0 saturated carbocycles. The molecule has 0 fully saturated rings. The molecular weight excluding hydrogens is 373 g/mol. The first-order chi connectivity index (χ1) is 11.5. The molecule has 1 heterocycles. The van der Waals surface area contributed by atoms with Crippen molar-refractivity contribution in [1.82, 2.24) is 25.5 Å². The molecule has 9 heteroatoms. The number of hydrogen-bond donors (Lipinski definition) is 1. The predicted octanol–water partition coefficient (Wildman–Crippen LogP) is 3.55. The van der Waals surface area contributed by atoms with Gasteiger partial charge in [-0.1, -0.05) is 34.8 Å². The van der Waals surface area contributed by atoms with Gasteiger partial charge in [-0.05, 0) is 52.9 Å². The predicted molar refractivity (Wildman–Crippen MR) is 91.8 cm³/mol. The molecule has 0 aliphatic carbocycles. The Hall–Kier alpha value is -2.15. The summed E-state index contributed by atoms with van der Waals surface area (Å²) in [5.41, 5.74) is 1.06. The number of tetrazole rings is 1. The normalized spacial score (nSPS) is 10.6. The molecular formula is C15H10Cl3N5O. The van der Waals surface area contributed by atoms with E-state index in [2.05, 4.69) is 20.8 Å². The Kier molecular flexibility index (Phi) is 4.99. The van der Waals surface area contributed by atoms with E-state index in [9.17, 15) is 4.79 Å². The molecule has 1 aromatic heterocycles. The zero-order valence-electron chi connectivity index (χ0n) is 12.1. The number of carbonyl (C=O) groups is 1. The van der Waals surface area contributed by atoms with E-state index < -0.39 is 0 Å². The summed E-state index contributed by atoms with van der Waals surface area (Å²) < 4.78 is 1.51. The molecule has 2 aromatic carbocycles. The first-order valence-corrected chi connectivity index (χ1v) is 7.94. The molecule has 1 N–H and O–H groups in total. The number of aromatic nitrogens is 4. The first-order valence-electron chi connectivity index (χ1n) is 6.81. The van der Waals surface area contributed by atoms with E-state index in [0.717, 1.165) is 5.69 Å². The van der Waals surface area contributed by atoms with Gasteiger partial charge in [-0.3, -0.25) is 4.79 Å². The lowest BCUT2D eigenvalue weighted by atomic mass is 10.2. The number of rotatable bonds is 4. The topological polar surface area (TPSA) is 72.7 Å². The van der Waals surface area contributed by atoms with Crippen LogP contribution in [0.2, 0.25) is 15.1 Å². The Morgan fingerprint density at radius 1 is 1.04 bits per heavy atom. The van der Waals surface area contributed by atoms with Crippen molar-refractivity contribution in [2.24, 2.45) is 0 Å². The zero-order valence-corrected chi connectivity index (χ0v) is 14.3. The van der Waals surface area contributed by atoms with Crippen LogP contribution in [0.4, 0.5) is 0 Å². The molecule has 0 bridgehead atoms. The quantitative estimate of drug-likeness (QED) is 0.749.